The Labute approximate surface area is 110 Å². The first kappa shape index (κ1) is 12.9. The second-order valence-electron chi connectivity index (χ2n) is 3.90. The zero-order chi connectivity index (χ0) is 13.7. The van der Waals surface area contributed by atoms with Crippen molar-refractivity contribution in [1.82, 2.24) is 0 Å². The van der Waals surface area contributed by atoms with Gasteiger partial charge in [-0.3, -0.25) is 0 Å². The molecule has 19 heavy (non-hydrogen) atoms. The van der Waals surface area contributed by atoms with Gasteiger partial charge in [-0.05, 0) is 35.9 Å². The molecule has 0 aliphatic carbocycles. The lowest BCUT2D eigenvalue weighted by Crippen LogP contribution is -1.98. The fourth-order valence-corrected chi connectivity index (χ4v) is 1.70. The molecule has 0 aromatic heterocycles. The van der Waals surface area contributed by atoms with E-state index in [-0.39, 0.29) is 12.2 Å². The maximum Gasteiger partial charge on any atom is 0.161 e. The molecule has 96 valence electrons. The van der Waals surface area contributed by atoms with E-state index < -0.39 is 5.82 Å². The number of nitriles is 1. The van der Waals surface area contributed by atoms with Gasteiger partial charge in [-0.2, -0.15) is 5.26 Å². The van der Waals surface area contributed by atoms with Gasteiger partial charge in [0.1, 0.15) is 12.4 Å². The SMILES string of the molecule is COc1ccccc1OCc1cc(F)cc(C#N)c1. The Morgan fingerprint density at radius 1 is 1.16 bits per heavy atom. The highest BCUT2D eigenvalue weighted by atomic mass is 19.1. The highest BCUT2D eigenvalue weighted by molar-refractivity contribution is 5.40. The molecule has 4 heteroatoms. The minimum absolute atomic E-state index is 0.173. The number of methoxy groups -OCH3 is 1. The Kier molecular flexibility index (Phi) is 3.99. The van der Waals surface area contributed by atoms with Gasteiger partial charge in [-0.15, -0.1) is 0 Å². The van der Waals surface area contributed by atoms with E-state index >= 15 is 0 Å². The largest absolute Gasteiger partial charge is 0.493 e. The molecule has 0 unspecified atom stereocenters. The van der Waals surface area contributed by atoms with Crippen LogP contribution >= 0.6 is 0 Å². The van der Waals surface area contributed by atoms with E-state index in [0.717, 1.165) is 0 Å². The van der Waals surface area contributed by atoms with Gasteiger partial charge < -0.3 is 9.47 Å². The molecule has 0 saturated heterocycles. The number of halogens is 1. The van der Waals surface area contributed by atoms with Crippen LogP contribution in [0.3, 0.4) is 0 Å². The van der Waals surface area contributed by atoms with E-state index in [4.69, 9.17) is 14.7 Å². The van der Waals surface area contributed by atoms with Gasteiger partial charge >= 0.3 is 0 Å². The lowest BCUT2D eigenvalue weighted by molar-refractivity contribution is 0.284. The quantitative estimate of drug-likeness (QED) is 0.844. The molecule has 2 rings (SSSR count). The molecule has 0 aliphatic heterocycles. The van der Waals surface area contributed by atoms with Crippen LogP contribution in [0.4, 0.5) is 4.39 Å². The average molecular weight is 257 g/mol. The third-order valence-corrected chi connectivity index (χ3v) is 2.55. The van der Waals surface area contributed by atoms with Gasteiger partial charge in [0, 0.05) is 0 Å². The average Bonchev–Trinajstić information content (AvgIpc) is 2.44. The molecule has 0 bridgehead atoms. The van der Waals surface area contributed by atoms with Crippen LogP contribution < -0.4 is 9.47 Å². The monoisotopic (exact) mass is 257 g/mol. The number of ether oxygens (including phenoxy) is 2. The molecule has 0 spiro atoms. The van der Waals surface area contributed by atoms with Gasteiger partial charge in [0.05, 0.1) is 18.7 Å². The van der Waals surface area contributed by atoms with Crippen molar-refractivity contribution in [2.45, 2.75) is 6.61 Å². The first-order valence-corrected chi connectivity index (χ1v) is 5.68. The summed E-state index contributed by atoms with van der Waals surface area (Å²) in [7, 11) is 1.55. The molecule has 0 fully saturated rings. The van der Waals surface area contributed by atoms with Crippen LogP contribution in [0.25, 0.3) is 0 Å². The first-order valence-electron chi connectivity index (χ1n) is 5.68. The number of hydrogen-bond donors (Lipinski definition) is 0. The minimum Gasteiger partial charge on any atom is -0.493 e. The van der Waals surface area contributed by atoms with E-state index in [1.165, 1.54) is 12.1 Å². The third kappa shape index (κ3) is 3.23. The summed E-state index contributed by atoms with van der Waals surface area (Å²) in [6.45, 7) is 0.173. The minimum atomic E-state index is -0.447. The molecule has 0 aliphatic rings. The predicted molar refractivity (Wildman–Crippen MR) is 68.4 cm³/mol. The Morgan fingerprint density at radius 2 is 1.89 bits per heavy atom. The Morgan fingerprint density at radius 3 is 2.58 bits per heavy atom. The number of nitrogens with zero attached hydrogens (tertiary/aromatic N) is 1. The molecule has 0 radical (unpaired) electrons. The fourth-order valence-electron chi connectivity index (χ4n) is 1.70. The smallest absolute Gasteiger partial charge is 0.161 e. The molecule has 3 nitrogen and oxygen atoms in total. The summed E-state index contributed by atoms with van der Waals surface area (Å²) in [4.78, 5) is 0. The maximum absolute atomic E-state index is 13.3. The normalized spacial score (nSPS) is 9.74. The van der Waals surface area contributed by atoms with E-state index in [9.17, 15) is 4.39 Å². The zero-order valence-electron chi connectivity index (χ0n) is 10.4. The van der Waals surface area contributed by atoms with Crippen LogP contribution in [0.15, 0.2) is 42.5 Å². The van der Waals surface area contributed by atoms with Crippen molar-refractivity contribution in [3.63, 3.8) is 0 Å². The molecule has 0 saturated carbocycles. The molecule has 2 aromatic rings. The van der Waals surface area contributed by atoms with Crippen molar-refractivity contribution < 1.29 is 13.9 Å². The summed E-state index contributed by atoms with van der Waals surface area (Å²) in [5.74, 6) is 0.741. The molecular formula is C15H12FNO2. The van der Waals surface area contributed by atoms with E-state index in [0.29, 0.717) is 17.1 Å². The fraction of sp³-hybridized carbons (Fsp3) is 0.133. The van der Waals surface area contributed by atoms with E-state index in [2.05, 4.69) is 0 Å². The van der Waals surface area contributed by atoms with Crippen molar-refractivity contribution in [2.24, 2.45) is 0 Å². The molecule has 2 aromatic carbocycles. The van der Waals surface area contributed by atoms with Gasteiger partial charge in [0.25, 0.3) is 0 Å². The first-order chi connectivity index (χ1) is 9.22. The Balaban J connectivity index is 2.15. The number of hydrogen-bond acceptors (Lipinski definition) is 3. The van der Waals surface area contributed by atoms with Gasteiger partial charge in [-0.25, -0.2) is 4.39 Å². The van der Waals surface area contributed by atoms with Crippen LogP contribution in [0.5, 0.6) is 11.5 Å². The molecular weight excluding hydrogens is 245 g/mol. The Hall–Kier alpha value is -2.54. The lowest BCUT2D eigenvalue weighted by atomic mass is 10.1. The second-order valence-corrected chi connectivity index (χ2v) is 3.90. The summed E-state index contributed by atoms with van der Waals surface area (Å²) < 4.78 is 24.0. The zero-order valence-corrected chi connectivity index (χ0v) is 10.4. The second kappa shape index (κ2) is 5.87. The topological polar surface area (TPSA) is 42.2 Å². The maximum atomic E-state index is 13.3. The predicted octanol–water partition coefficient (Wildman–Crippen LogP) is 3.28. The molecule has 0 heterocycles. The van der Waals surface area contributed by atoms with Crippen LogP contribution in [0.2, 0.25) is 0 Å². The number of benzene rings is 2. The van der Waals surface area contributed by atoms with Crippen molar-refractivity contribution in [3.05, 3.63) is 59.4 Å². The lowest BCUT2D eigenvalue weighted by Gasteiger charge is -2.10. The van der Waals surface area contributed by atoms with Crippen molar-refractivity contribution >= 4 is 0 Å². The molecule has 0 N–H and O–H groups in total. The highest BCUT2D eigenvalue weighted by Gasteiger charge is 2.05. The van der Waals surface area contributed by atoms with Gasteiger partial charge in [0.15, 0.2) is 11.5 Å². The van der Waals surface area contributed by atoms with E-state index in [1.54, 1.807) is 25.3 Å². The molecule has 0 atom stereocenters. The summed E-state index contributed by atoms with van der Waals surface area (Å²) in [5, 5.41) is 8.78. The van der Waals surface area contributed by atoms with Crippen LogP contribution in [-0.4, -0.2) is 7.11 Å². The summed E-state index contributed by atoms with van der Waals surface area (Å²) in [6.07, 6.45) is 0. The summed E-state index contributed by atoms with van der Waals surface area (Å²) in [6, 6.07) is 13.2. The van der Waals surface area contributed by atoms with E-state index in [1.807, 2.05) is 18.2 Å². The summed E-state index contributed by atoms with van der Waals surface area (Å²) >= 11 is 0. The van der Waals surface area contributed by atoms with Gasteiger partial charge in [0.2, 0.25) is 0 Å². The number of para-hydroxylation sites is 2. The van der Waals surface area contributed by atoms with Crippen molar-refractivity contribution in [2.75, 3.05) is 7.11 Å². The van der Waals surface area contributed by atoms with Crippen molar-refractivity contribution in [3.8, 4) is 17.6 Å². The highest BCUT2D eigenvalue weighted by Crippen LogP contribution is 2.26. The third-order valence-electron chi connectivity index (χ3n) is 2.55. The standard InChI is InChI=1S/C15H12FNO2/c1-18-14-4-2-3-5-15(14)19-10-12-6-11(9-17)7-13(16)8-12/h2-8H,10H2,1H3. The van der Waals surface area contributed by atoms with Crippen LogP contribution in [0.1, 0.15) is 11.1 Å². The van der Waals surface area contributed by atoms with Gasteiger partial charge in [-0.1, -0.05) is 12.1 Å². The van der Waals surface area contributed by atoms with Crippen LogP contribution in [0, 0.1) is 17.1 Å². The molecule has 0 amide bonds. The Bertz CT molecular complexity index is 620. The number of rotatable bonds is 4. The summed E-state index contributed by atoms with van der Waals surface area (Å²) in [5.41, 5.74) is 0.876. The van der Waals surface area contributed by atoms with Crippen molar-refractivity contribution in [1.29, 1.82) is 5.26 Å². The van der Waals surface area contributed by atoms with Crippen LogP contribution in [-0.2, 0) is 6.61 Å².